The predicted octanol–water partition coefficient (Wildman–Crippen LogP) is 2.97. The van der Waals surface area contributed by atoms with Gasteiger partial charge in [-0.3, -0.25) is 4.79 Å². The Hall–Kier alpha value is -2.93. The maximum atomic E-state index is 12.8. The van der Waals surface area contributed by atoms with Crippen LogP contribution in [-0.4, -0.2) is 17.0 Å². The Labute approximate surface area is 141 Å². The Morgan fingerprint density at radius 2 is 1.79 bits per heavy atom. The van der Waals surface area contributed by atoms with E-state index in [2.05, 4.69) is 4.99 Å². The van der Waals surface area contributed by atoms with Crippen LogP contribution in [-0.2, 0) is 4.79 Å². The third-order valence-corrected chi connectivity index (χ3v) is 3.92. The van der Waals surface area contributed by atoms with E-state index in [1.54, 1.807) is 30.3 Å². The van der Waals surface area contributed by atoms with Gasteiger partial charge in [-0.15, -0.1) is 0 Å². The fourth-order valence-corrected chi connectivity index (χ4v) is 2.64. The zero-order chi connectivity index (χ0) is 17.1. The highest BCUT2D eigenvalue weighted by Gasteiger charge is 2.19. The van der Waals surface area contributed by atoms with Crippen LogP contribution in [0.4, 0.5) is 4.39 Å². The van der Waals surface area contributed by atoms with E-state index in [0.717, 1.165) is 17.3 Å². The van der Waals surface area contributed by atoms with E-state index < -0.39 is 11.8 Å². The summed E-state index contributed by atoms with van der Waals surface area (Å²) in [6, 6.07) is 11.7. The van der Waals surface area contributed by atoms with E-state index in [-0.39, 0.29) is 16.6 Å². The number of hydrogen-bond donors (Lipinski definition) is 1. The van der Waals surface area contributed by atoms with Gasteiger partial charge in [0.2, 0.25) is 0 Å². The number of nitrogens with two attached hydrogens (primary N) is 1. The molecule has 3 rings (SSSR count). The maximum absolute atomic E-state index is 12.8. The lowest BCUT2D eigenvalue weighted by molar-refractivity contribution is -0.113. The number of amides is 1. The summed E-state index contributed by atoms with van der Waals surface area (Å²) in [6.07, 6.45) is 1.65. The van der Waals surface area contributed by atoms with Crippen LogP contribution in [0, 0.1) is 5.82 Å². The van der Waals surface area contributed by atoms with E-state index in [1.165, 1.54) is 24.3 Å². The SMILES string of the molecule is NC1=NC(=O)/C(=C/c2ccc(OC(=O)c3ccc(F)cc3)cc2)S1. The van der Waals surface area contributed by atoms with Gasteiger partial charge in [-0.25, -0.2) is 9.18 Å². The fourth-order valence-electron chi connectivity index (χ4n) is 1.96. The number of carbonyl (C=O) groups is 2. The van der Waals surface area contributed by atoms with Crippen LogP contribution < -0.4 is 10.5 Å². The van der Waals surface area contributed by atoms with E-state index in [0.29, 0.717) is 10.7 Å². The molecular weight excluding hydrogens is 331 g/mol. The molecule has 0 radical (unpaired) electrons. The van der Waals surface area contributed by atoms with Crippen LogP contribution in [0.3, 0.4) is 0 Å². The zero-order valence-corrected chi connectivity index (χ0v) is 13.0. The first kappa shape index (κ1) is 15.9. The lowest BCUT2D eigenvalue weighted by Gasteiger charge is -2.05. The van der Waals surface area contributed by atoms with Crippen molar-refractivity contribution < 1.29 is 18.7 Å². The minimum atomic E-state index is -0.580. The van der Waals surface area contributed by atoms with E-state index >= 15 is 0 Å². The molecule has 0 aliphatic carbocycles. The predicted molar refractivity (Wildman–Crippen MR) is 90.0 cm³/mol. The van der Waals surface area contributed by atoms with Crippen molar-refractivity contribution in [2.24, 2.45) is 10.7 Å². The summed E-state index contributed by atoms with van der Waals surface area (Å²) in [7, 11) is 0. The van der Waals surface area contributed by atoms with E-state index in [4.69, 9.17) is 10.5 Å². The number of thioether (sulfide) groups is 1. The molecule has 2 aromatic rings. The van der Waals surface area contributed by atoms with Gasteiger partial charge in [0.05, 0.1) is 10.5 Å². The average molecular weight is 342 g/mol. The summed E-state index contributed by atoms with van der Waals surface area (Å²) >= 11 is 1.11. The third kappa shape index (κ3) is 3.69. The first-order valence-electron chi connectivity index (χ1n) is 6.87. The molecule has 7 heteroatoms. The highest BCUT2D eigenvalue weighted by atomic mass is 32.2. The molecule has 0 unspecified atom stereocenters. The van der Waals surface area contributed by atoms with Crippen LogP contribution in [0.5, 0.6) is 5.75 Å². The molecule has 2 N–H and O–H groups in total. The van der Waals surface area contributed by atoms with Gasteiger partial charge in [-0.1, -0.05) is 12.1 Å². The Morgan fingerprint density at radius 3 is 2.38 bits per heavy atom. The van der Waals surface area contributed by atoms with Crippen molar-refractivity contribution in [2.75, 3.05) is 0 Å². The second-order valence-electron chi connectivity index (χ2n) is 4.83. The third-order valence-electron chi connectivity index (χ3n) is 3.11. The molecule has 1 heterocycles. The van der Waals surface area contributed by atoms with Gasteiger partial charge < -0.3 is 10.5 Å². The molecule has 5 nitrogen and oxygen atoms in total. The van der Waals surface area contributed by atoms with Crippen molar-refractivity contribution in [3.63, 3.8) is 0 Å². The quantitative estimate of drug-likeness (QED) is 0.527. The van der Waals surface area contributed by atoms with Gasteiger partial charge in [0, 0.05) is 0 Å². The molecule has 120 valence electrons. The highest BCUT2D eigenvalue weighted by molar-refractivity contribution is 8.18. The lowest BCUT2D eigenvalue weighted by Crippen LogP contribution is -2.08. The van der Waals surface area contributed by atoms with Gasteiger partial charge in [0.25, 0.3) is 5.91 Å². The number of rotatable bonds is 3. The highest BCUT2D eigenvalue weighted by Crippen LogP contribution is 2.27. The summed E-state index contributed by atoms with van der Waals surface area (Å²) in [5, 5.41) is 0.219. The fraction of sp³-hybridized carbons (Fsp3) is 0. The van der Waals surface area contributed by atoms with Gasteiger partial charge in [0.15, 0.2) is 5.17 Å². The topological polar surface area (TPSA) is 81.8 Å². The summed E-state index contributed by atoms with van der Waals surface area (Å²) in [6.45, 7) is 0. The molecule has 1 aliphatic rings. The van der Waals surface area contributed by atoms with Gasteiger partial charge >= 0.3 is 5.97 Å². The van der Waals surface area contributed by atoms with Gasteiger partial charge in [0.1, 0.15) is 11.6 Å². The number of carbonyl (C=O) groups excluding carboxylic acids is 2. The van der Waals surface area contributed by atoms with Crippen molar-refractivity contribution in [1.29, 1.82) is 0 Å². The number of halogens is 1. The molecular formula is C17H11FN2O3S. The molecule has 0 bridgehead atoms. The lowest BCUT2D eigenvalue weighted by atomic mass is 10.2. The van der Waals surface area contributed by atoms with Crippen LogP contribution in [0.2, 0.25) is 0 Å². The molecule has 0 aromatic heterocycles. The van der Waals surface area contributed by atoms with E-state index in [9.17, 15) is 14.0 Å². The maximum Gasteiger partial charge on any atom is 0.343 e. The Bertz CT molecular complexity index is 858. The smallest absolute Gasteiger partial charge is 0.343 e. The van der Waals surface area contributed by atoms with E-state index in [1.807, 2.05) is 0 Å². The Kier molecular flexibility index (Phi) is 4.43. The molecule has 0 atom stereocenters. The van der Waals surface area contributed by atoms with Crippen molar-refractivity contribution in [3.05, 3.63) is 70.4 Å². The number of ether oxygens (including phenoxy) is 1. The van der Waals surface area contributed by atoms with Crippen molar-refractivity contribution in [3.8, 4) is 5.75 Å². The number of amidine groups is 1. The monoisotopic (exact) mass is 342 g/mol. The number of nitrogens with zero attached hydrogens (tertiary/aromatic N) is 1. The molecule has 24 heavy (non-hydrogen) atoms. The van der Waals surface area contributed by atoms with Gasteiger partial charge in [-0.05, 0) is 59.8 Å². The van der Waals surface area contributed by atoms with Crippen LogP contribution >= 0.6 is 11.8 Å². The molecule has 0 saturated heterocycles. The van der Waals surface area contributed by atoms with Crippen molar-refractivity contribution >= 4 is 34.9 Å². The summed E-state index contributed by atoms with van der Waals surface area (Å²) in [5.41, 5.74) is 6.48. The number of benzene rings is 2. The van der Waals surface area contributed by atoms with Crippen LogP contribution in [0.1, 0.15) is 15.9 Å². The Balaban J connectivity index is 1.69. The largest absolute Gasteiger partial charge is 0.423 e. The number of aliphatic imine (C=N–C) groups is 1. The minimum Gasteiger partial charge on any atom is -0.423 e. The van der Waals surface area contributed by atoms with Crippen molar-refractivity contribution in [2.45, 2.75) is 0 Å². The molecule has 0 saturated carbocycles. The average Bonchev–Trinajstić information content (AvgIpc) is 2.87. The molecule has 0 spiro atoms. The Morgan fingerprint density at radius 1 is 1.12 bits per heavy atom. The molecule has 1 aliphatic heterocycles. The molecule has 0 fully saturated rings. The first-order chi connectivity index (χ1) is 11.5. The summed E-state index contributed by atoms with van der Waals surface area (Å²) in [5.74, 6) is -1.03. The summed E-state index contributed by atoms with van der Waals surface area (Å²) in [4.78, 5) is 27.5. The second kappa shape index (κ2) is 6.67. The normalized spacial score (nSPS) is 15.5. The standard InChI is InChI=1S/C17H11FN2O3S/c18-12-5-3-11(4-6-12)16(22)23-13-7-1-10(2-8-13)9-14-15(21)20-17(19)24-14/h1-9H,(H2,19,20,21)/b14-9-. The summed E-state index contributed by atoms with van der Waals surface area (Å²) < 4.78 is 18.0. The molecule has 2 aromatic carbocycles. The van der Waals surface area contributed by atoms with Crippen LogP contribution in [0.15, 0.2) is 58.4 Å². The number of hydrogen-bond acceptors (Lipinski definition) is 5. The van der Waals surface area contributed by atoms with Gasteiger partial charge in [-0.2, -0.15) is 4.99 Å². The minimum absolute atomic E-state index is 0.219. The molecule has 1 amide bonds. The second-order valence-corrected chi connectivity index (χ2v) is 5.89. The van der Waals surface area contributed by atoms with Crippen molar-refractivity contribution in [1.82, 2.24) is 0 Å². The zero-order valence-electron chi connectivity index (χ0n) is 12.2. The van der Waals surface area contributed by atoms with Crippen LogP contribution in [0.25, 0.3) is 6.08 Å². The number of esters is 1. The first-order valence-corrected chi connectivity index (χ1v) is 7.69.